The van der Waals surface area contributed by atoms with Crippen LogP contribution in [0.2, 0.25) is 0 Å². The molecule has 1 N–H and O–H groups in total. The summed E-state index contributed by atoms with van der Waals surface area (Å²) in [5.74, 6) is 6.14. The van der Waals surface area contributed by atoms with Gasteiger partial charge >= 0.3 is 6.47 Å². The predicted molar refractivity (Wildman–Crippen MR) is 163 cm³/mol. The first kappa shape index (κ1) is 36.3. The maximum atomic E-state index is 9.85. The van der Waals surface area contributed by atoms with Gasteiger partial charge in [-0.05, 0) is 91.3 Å². The lowest BCUT2D eigenvalue weighted by Gasteiger charge is -2.60. The van der Waals surface area contributed by atoms with E-state index in [4.69, 9.17) is 9.53 Å². The minimum atomic E-state index is -0.292. The second-order valence-electron chi connectivity index (χ2n) is 12.8. The molecule has 5 fully saturated rings. The minimum absolute atomic E-state index is 0.292. The Kier molecular flexibility index (Phi) is 16.1. The molecule has 4 nitrogen and oxygen atoms in total. The first-order chi connectivity index (χ1) is 18.8. The van der Waals surface area contributed by atoms with Crippen LogP contribution in [-0.2, 0) is 14.5 Å². The summed E-state index contributed by atoms with van der Waals surface area (Å²) in [6, 6.07) is 0. The van der Waals surface area contributed by atoms with E-state index in [1.807, 2.05) is 41.5 Å². The Morgan fingerprint density at radius 1 is 0.974 bits per heavy atom. The molecule has 5 heteroatoms. The number of carbonyl (C=O) groups excluding carboxylic acids is 1. The SMILES string of the molecule is CC.CC.CC.CC[C@H](C)CN[C@H]1O[C@H]2CC3[C@@H]4CCC5CCCC[C@]5(C)C4CC[C@]3(C)C2[C@@H]1C.O=COF. The highest BCUT2D eigenvalue weighted by atomic mass is 19.3. The zero-order valence-corrected chi connectivity index (χ0v) is 27.7. The van der Waals surface area contributed by atoms with Crippen molar-refractivity contribution in [1.82, 2.24) is 5.32 Å². The van der Waals surface area contributed by atoms with Gasteiger partial charge in [0, 0.05) is 17.0 Å². The molecule has 0 aromatic rings. The van der Waals surface area contributed by atoms with E-state index in [-0.39, 0.29) is 6.47 Å². The summed E-state index contributed by atoms with van der Waals surface area (Å²) in [7, 11) is 0. The highest BCUT2D eigenvalue weighted by Crippen LogP contribution is 2.69. The van der Waals surface area contributed by atoms with Crippen LogP contribution < -0.4 is 5.32 Å². The van der Waals surface area contributed by atoms with E-state index < -0.39 is 0 Å². The van der Waals surface area contributed by atoms with Crippen LogP contribution in [0.5, 0.6) is 0 Å². The van der Waals surface area contributed by atoms with E-state index in [1.165, 1.54) is 64.2 Å². The monoisotopic (exact) mass is 556 g/mol. The van der Waals surface area contributed by atoms with E-state index >= 15 is 0 Å². The maximum Gasteiger partial charge on any atom is 0.337 e. The lowest BCUT2D eigenvalue weighted by molar-refractivity contribution is -0.165. The number of rotatable bonds is 5. The van der Waals surface area contributed by atoms with Gasteiger partial charge in [0.25, 0.3) is 0 Å². The number of fused-ring (bicyclic) bond motifs is 7. The van der Waals surface area contributed by atoms with Gasteiger partial charge in [-0.15, -0.1) is 0 Å². The number of hydrogen-bond acceptors (Lipinski definition) is 4. The molecule has 4 unspecified atom stereocenters. The van der Waals surface area contributed by atoms with Gasteiger partial charge in [0.05, 0.1) is 6.10 Å². The van der Waals surface area contributed by atoms with Crippen LogP contribution >= 0.6 is 0 Å². The average molecular weight is 556 g/mol. The number of ether oxygens (including phenoxy) is 1. The van der Waals surface area contributed by atoms with Crippen molar-refractivity contribution in [2.75, 3.05) is 6.54 Å². The molecule has 0 spiro atoms. The largest absolute Gasteiger partial charge is 0.360 e. The molecule has 0 bridgehead atoms. The minimum Gasteiger partial charge on any atom is -0.360 e. The molecule has 1 saturated heterocycles. The average Bonchev–Trinajstić information content (AvgIpc) is 3.47. The molecule has 4 aliphatic carbocycles. The van der Waals surface area contributed by atoms with Gasteiger partial charge in [0.2, 0.25) is 0 Å². The molecular formula is C34H66FNO3. The quantitative estimate of drug-likeness (QED) is 0.343. The van der Waals surface area contributed by atoms with E-state index in [1.54, 1.807) is 0 Å². The first-order valence-electron chi connectivity index (χ1n) is 16.9. The Hall–Kier alpha value is -0.680. The zero-order chi connectivity index (χ0) is 29.8. The second-order valence-corrected chi connectivity index (χ2v) is 12.8. The lowest BCUT2D eigenvalue weighted by Crippen LogP contribution is -2.53. The Morgan fingerprint density at radius 3 is 2.21 bits per heavy atom. The summed E-state index contributed by atoms with van der Waals surface area (Å²) < 4.78 is 16.6. The molecule has 1 heterocycles. The highest BCUT2D eigenvalue weighted by Gasteiger charge is 2.65. The third kappa shape index (κ3) is 7.59. The van der Waals surface area contributed by atoms with Crippen LogP contribution in [0.25, 0.3) is 0 Å². The van der Waals surface area contributed by atoms with Crippen molar-refractivity contribution in [3.63, 3.8) is 0 Å². The second kappa shape index (κ2) is 17.3. The van der Waals surface area contributed by atoms with Gasteiger partial charge in [-0.3, -0.25) is 15.1 Å². The van der Waals surface area contributed by atoms with Crippen LogP contribution in [0.1, 0.15) is 140 Å². The molecule has 1 aliphatic heterocycles. The molecule has 232 valence electrons. The summed E-state index contributed by atoms with van der Waals surface area (Å²) in [6.07, 6.45) is 15.5. The van der Waals surface area contributed by atoms with Crippen molar-refractivity contribution < 1.29 is 19.0 Å². The smallest absolute Gasteiger partial charge is 0.337 e. The van der Waals surface area contributed by atoms with Gasteiger partial charge in [0.1, 0.15) is 6.23 Å². The van der Waals surface area contributed by atoms with Crippen molar-refractivity contribution in [3.05, 3.63) is 0 Å². The Labute approximate surface area is 242 Å². The normalized spacial score (nSPS) is 41.8. The van der Waals surface area contributed by atoms with Gasteiger partial charge in [0.15, 0.2) is 0 Å². The Balaban J connectivity index is 0.000000676. The number of carbonyl (C=O) groups is 1. The van der Waals surface area contributed by atoms with Crippen molar-refractivity contribution >= 4 is 6.47 Å². The van der Waals surface area contributed by atoms with Crippen molar-refractivity contribution in [3.8, 4) is 0 Å². The summed E-state index contributed by atoms with van der Waals surface area (Å²) in [6.45, 7) is 25.4. The molecule has 0 radical (unpaired) electrons. The molecule has 0 aromatic carbocycles. The Morgan fingerprint density at radius 2 is 1.62 bits per heavy atom. The van der Waals surface area contributed by atoms with E-state index in [0.29, 0.717) is 29.1 Å². The van der Waals surface area contributed by atoms with Crippen LogP contribution in [0.3, 0.4) is 0 Å². The number of hydrogen-bond donors (Lipinski definition) is 1. The van der Waals surface area contributed by atoms with Gasteiger partial charge in [-0.2, -0.15) is 0 Å². The van der Waals surface area contributed by atoms with Crippen molar-refractivity contribution in [2.45, 2.75) is 153 Å². The third-order valence-corrected chi connectivity index (χ3v) is 11.4. The molecule has 5 rings (SSSR count). The molecular weight excluding hydrogens is 489 g/mol. The topological polar surface area (TPSA) is 47.6 Å². The predicted octanol–water partition coefficient (Wildman–Crippen LogP) is 9.76. The zero-order valence-electron chi connectivity index (χ0n) is 27.7. The third-order valence-electron chi connectivity index (χ3n) is 11.4. The first-order valence-corrected chi connectivity index (χ1v) is 16.9. The van der Waals surface area contributed by atoms with E-state index in [9.17, 15) is 4.53 Å². The van der Waals surface area contributed by atoms with Gasteiger partial charge in [-0.25, -0.2) is 0 Å². The molecule has 0 amide bonds. The molecule has 39 heavy (non-hydrogen) atoms. The van der Waals surface area contributed by atoms with Crippen LogP contribution in [0.15, 0.2) is 0 Å². The fraction of sp³-hybridized carbons (Fsp3) is 0.971. The summed E-state index contributed by atoms with van der Waals surface area (Å²) in [4.78, 5) is 10.9. The van der Waals surface area contributed by atoms with Gasteiger partial charge in [-0.1, -0.05) is 95.4 Å². The van der Waals surface area contributed by atoms with E-state index in [2.05, 4.69) is 44.9 Å². The summed E-state index contributed by atoms with van der Waals surface area (Å²) in [5.41, 5.74) is 1.18. The van der Waals surface area contributed by atoms with Crippen molar-refractivity contribution in [2.24, 2.45) is 52.3 Å². The molecule has 5 aliphatic rings. The summed E-state index contributed by atoms with van der Waals surface area (Å²) >= 11 is 0. The molecule has 4 saturated carbocycles. The summed E-state index contributed by atoms with van der Waals surface area (Å²) in [5, 5.41) is 3.80. The van der Waals surface area contributed by atoms with Crippen LogP contribution in [0.4, 0.5) is 4.53 Å². The number of halogens is 1. The van der Waals surface area contributed by atoms with Crippen LogP contribution in [0, 0.1) is 52.3 Å². The fourth-order valence-electron chi connectivity index (χ4n) is 9.60. The van der Waals surface area contributed by atoms with E-state index in [0.717, 1.165) is 42.1 Å². The molecule has 0 aromatic heterocycles. The maximum absolute atomic E-state index is 9.85. The fourth-order valence-corrected chi connectivity index (χ4v) is 9.60. The van der Waals surface area contributed by atoms with Gasteiger partial charge < -0.3 is 4.74 Å². The molecule has 11 atom stereocenters. The van der Waals surface area contributed by atoms with Crippen LogP contribution in [-0.4, -0.2) is 25.3 Å². The lowest BCUT2D eigenvalue weighted by atomic mass is 9.44. The Bertz CT molecular complexity index is 677. The standard InChI is InChI=1S/C27H47NO.3C2H6.CHFO2/c1-6-17(2)16-28-25-18(3)24-23(29-25)15-22-20-11-10-19-9-7-8-13-26(19,4)21(20)12-14-27(22,24)5;3*1-2;2-4-1-3/h17-25,28H,6-16H2,1-5H3;3*1-2H3;1H/t17-,18-,19?,20+,21?,22?,23-,24?,25-,26-,27-;;;;/m0..../s1. The van der Waals surface area contributed by atoms with Crippen molar-refractivity contribution in [1.29, 1.82) is 0 Å². The number of nitrogens with one attached hydrogen (secondary N) is 1. The highest BCUT2D eigenvalue weighted by molar-refractivity contribution is 5.35.